The second-order valence-corrected chi connectivity index (χ2v) is 6.27. The molecule has 0 aliphatic heterocycles. The maximum Gasteiger partial charge on any atom is 0.237 e. The fraction of sp³-hybridized carbons (Fsp3) is 0.923. The molecular formula is C13H26N2O. The van der Waals surface area contributed by atoms with Crippen LogP contribution in [0.4, 0.5) is 0 Å². The number of rotatable bonds is 4. The highest BCUT2D eigenvalue weighted by Gasteiger charge is 2.36. The first-order chi connectivity index (χ1) is 7.31. The standard InChI is InChI=1S/C13H26N2O/c1-5-13(7-6-8-13)9-15-11(16)10(14)12(2,3)4/h10H,5-9,14H2,1-4H3,(H,15,16)/t10-/m0/s1. The van der Waals surface area contributed by atoms with Gasteiger partial charge in [-0.3, -0.25) is 4.79 Å². The van der Waals surface area contributed by atoms with Gasteiger partial charge in [-0.15, -0.1) is 0 Å². The number of carbonyl (C=O) groups excluding carboxylic acids is 1. The van der Waals surface area contributed by atoms with Crippen molar-refractivity contribution in [1.82, 2.24) is 5.32 Å². The highest BCUT2D eigenvalue weighted by Crippen LogP contribution is 2.43. The molecule has 0 heterocycles. The second kappa shape index (κ2) is 4.74. The fourth-order valence-electron chi connectivity index (χ4n) is 2.11. The molecule has 0 bridgehead atoms. The maximum atomic E-state index is 11.9. The Bertz CT molecular complexity index is 246. The minimum absolute atomic E-state index is 0.00720. The van der Waals surface area contributed by atoms with Crippen molar-refractivity contribution in [2.45, 2.75) is 59.4 Å². The molecule has 1 aliphatic rings. The molecule has 3 nitrogen and oxygen atoms in total. The summed E-state index contributed by atoms with van der Waals surface area (Å²) in [5.74, 6) is -0.00720. The van der Waals surface area contributed by atoms with Crippen LogP contribution in [0.1, 0.15) is 53.4 Å². The monoisotopic (exact) mass is 226 g/mol. The van der Waals surface area contributed by atoms with Crippen LogP contribution in [0.3, 0.4) is 0 Å². The van der Waals surface area contributed by atoms with E-state index < -0.39 is 6.04 Å². The molecule has 3 N–H and O–H groups in total. The fourth-order valence-corrected chi connectivity index (χ4v) is 2.11. The molecule has 1 amide bonds. The summed E-state index contributed by atoms with van der Waals surface area (Å²) < 4.78 is 0. The van der Waals surface area contributed by atoms with Crippen LogP contribution < -0.4 is 11.1 Å². The van der Waals surface area contributed by atoms with Gasteiger partial charge in [0.05, 0.1) is 6.04 Å². The average molecular weight is 226 g/mol. The quantitative estimate of drug-likeness (QED) is 0.771. The molecule has 0 aromatic rings. The van der Waals surface area contributed by atoms with E-state index in [1.807, 2.05) is 20.8 Å². The first kappa shape index (κ1) is 13.5. The summed E-state index contributed by atoms with van der Waals surface area (Å²) in [7, 11) is 0. The lowest BCUT2D eigenvalue weighted by molar-refractivity contribution is -0.125. The average Bonchev–Trinajstić information content (AvgIpc) is 2.14. The van der Waals surface area contributed by atoms with E-state index in [1.165, 1.54) is 19.3 Å². The van der Waals surface area contributed by atoms with Gasteiger partial charge in [0.25, 0.3) is 0 Å². The Balaban J connectivity index is 2.41. The topological polar surface area (TPSA) is 55.1 Å². The Morgan fingerprint density at radius 3 is 2.31 bits per heavy atom. The van der Waals surface area contributed by atoms with E-state index >= 15 is 0 Å². The molecule has 1 aliphatic carbocycles. The summed E-state index contributed by atoms with van der Waals surface area (Å²) in [4.78, 5) is 11.9. The SMILES string of the molecule is CCC1(CNC(=O)[C@H](N)C(C)(C)C)CCC1. The van der Waals surface area contributed by atoms with Crippen molar-refractivity contribution in [2.24, 2.45) is 16.6 Å². The second-order valence-electron chi connectivity index (χ2n) is 6.27. The van der Waals surface area contributed by atoms with E-state index in [0.717, 1.165) is 13.0 Å². The largest absolute Gasteiger partial charge is 0.354 e. The van der Waals surface area contributed by atoms with Crippen molar-refractivity contribution >= 4 is 5.91 Å². The lowest BCUT2D eigenvalue weighted by Crippen LogP contribution is -2.51. The lowest BCUT2D eigenvalue weighted by Gasteiger charge is -2.41. The summed E-state index contributed by atoms with van der Waals surface area (Å²) >= 11 is 0. The Kier molecular flexibility index (Phi) is 4.00. The minimum atomic E-state index is -0.415. The lowest BCUT2D eigenvalue weighted by atomic mass is 9.67. The number of nitrogens with two attached hydrogens (primary N) is 1. The number of carbonyl (C=O) groups is 1. The van der Waals surface area contributed by atoms with Gasteiger partial charge in [-0.25, -0.2) is 0 Å². The van der Waals surface area contributed by atoms with Crippen LogP contribution in [0.2, 0.25) is 0 Å². The van der Waals surface area contributed by atoms with Gasteiger partial charge in [0.2, 0.25) is 5.91 Å². The van der Waals surface area contributed by atoms with Gasteiger partial charge in [0, 0.05) is 6.54 Å². The Morgan fingerprint density at radius 1 is 1.44 bits per heavy atom. The van der Waals surface area contributed by atoms with Crippen LogP contribution in [0.25, 0.3) is 0 Å². The van der Waals surface area contributed by atoms with Gasteiger partial charge in [-0.2, -0.15) is 0 Å². The van der Waals surface area contributed by atoms with E-state index in [-0.39, 0.29) is 11.3 Å². The van der Waals surface area contributed by atoms with Crippen molar-refractivity contribution in [3.63, 3.8) is 0 Å². The molecule has 94 valence electrons. The molecule has 1 fully saturated rings. The third kappa shape index (κ3) is 2.97. The zero-order valence-corrected chi connectivity index (χ0v) is 11.1. The van der Waals surface area contributed by atoms with E-state index in [0.29, 0.717) is 5.41 Å². The molecule has 0 radical (unpaired) electrons. The van der Waals surface area contributed by atoms with Gasteiger partial charge in [-0.1, -0.05) is 34.1 Å². The third-order valence-corrected chi connectivity index (χ3v) is 4.02. The molecule has 1 saturated carbocycles. The summed E-state index contributed by atoms with van der Waals surface area (Å²) in [6.07, 6.45) is 4.94. The van der Waals surface area contributed by atoms with Crippen LogP contribution >= 0.6 is 0 Å². The maximum absolute atomic E-state index is 11.9. The smallest absolute Gasteiger partial charge is 0.237 e. The van der Waals surface area contributed by atoms with E-state index in [1.54, 1.807) is 0 Å². The predicted octanol–water partition coefficient (Wildman–Crippen LogP) is 2.06. The first-order valence-electron chi connectivity index (χ1n) is 6.34. The molecule has 0 spiro atoms. The van der Waals surface area contributed by atoms with Crippen molar-refractivity contribution in [3.05, 3.63) is 0 Å². The zero-order chi connectivity index (χ0) is 12.4. The highest BCUT2D eigenvalue weighted by atomic mass is 16.2. The molecule has 1 rings (SSSR count). The third-order valence-electron chi connectivity index (χ3n) is 4.02. The van der Waals surface area contributed by atoms with E-state index in [2.05, 4.69) is 12.2 Å². The predicted molar refractivity (Wildman–Crippen MR) is 67.0 cm³/mol. The molecular weight excluding hydrogens is 200 g/mol. The van der Waals surface area contributed by atoms with Crippen molar-refractivity contribution in [3.8, 4) is 0 Å². The summed E-state index contributed by atoms with van der Waals surface area (Å²) in [6.45, 7) is 8.99. The minimum Gasteiger partial charge on any atom is -0.354 e. The van der Waals surface area contributed by atoms with Crippen molar-refractivity contribution < 1.29 is 4.79 Å². The van der Waals surface area contributed by atoms with Gasteiger partial charge in [0.1, 0.15) is 0 Å². The molecule has 0 saturated heterocycles. The molecule has 0 unspecified atom stereocenters. The molecule has 0 aromatic heterocycles. The molecule has 16 heavy (non-hydrogen) atoms. The first-order valence-corrected chi connectivity index (χ1v) is 6.34. The van der Waals surface area contributed by atoms with Gasteiger partial charge < -0.3 is 11.1 Å². The summed E-state index contributed by atoms with van der Waals surface area (Å²) in [6, 6.07) is -0.415. The van der Waals surface area contributed by atoms with Crippen molar-refractivity contribution in [2.75, 3.05) is 6.54 Å². The van der Waals surface area contributed by atoms with Crippen LogP contribution in [0.5, 0.6) is 0 Å². The number of hydrogen-bond acceptors (Lipinski definition) is 2. The molecule has 1 atom stereocenters. The van der Waals surface area contributed by atoms with Gasteiger partial charge in [0.15, 0.2) is 0 Å². The Labute approximate surface area is 99.2 Å². The van der Waals surface area contributed by atoms with Crippen LogP contribution in [-0.2, 0) is 4.79 Å². The van der Waals surface area contributed by atoms with Crippen LogP contribution in [-0.4, -0.2) is 18.5 Å². The summed E-state index contributed by atoms with van der Waals surface area (Å²) in [5.41, 5.74) is 6.12. The van der Waals surface area contributed by atoms with Crippen LogP contribution in [0, 0.1) is 10.8 Å². The Morgan fingerprint density at radius 2 is 2.00 bits per heavy atom. The van der Waals surface area contributed by atoms with Gasteiger partial charge >= 0.3 is 0 Å². The van der Waals surface area contributed by atoms with Crippen molar-refractivity contribution in [1.29, 1.82) is 0 Å². The highest BCUT2D eigenvalue weighted by molar-refractivity contribution is 5.82. The molecule has 3 heteroatoms. The van der Waals surface area contributed by atoms with E-state index in [4.69, 9.17) is 5.73 Å². The Hall–Kier alpha value is -0.570. The van der Waals surface area contributed by atoms with Gasteiger partial charge in [-0.05, 0) is 30.1 Å². The number of nitrogens with one attached hydrogen (secondary N) is 1. The zero-order valence-electron chi connectivity index (χ0n) is 11.1. The molecule has 0 aromatic carbocycles. The normalized spacial score (nSPS) is 21.1. The van der Waals surface area contributed by atoms with E-state index in [9.17, 15) is 4.79 Å². The van der Waals surface area contributed by atoms with Crippen LogP contribution in [0.15, 0.2) is 0 Å². The number of hydrogen-bond donors (Lipinski definition) is 2. The summed E-state index contributed by atoms with van der Waals surface area (Å²) in [5, 5.41) is 3.02. The number of amides is 1.